The minimum absolute atomic E-state index is 0.0729. The first-order valence-corrected chi connectivity index (χ1v) is 5.77. The SMILES string of the molecule is O=C(CN1CCCC1)NNc1ccc(F)cc1. The molecule has 5 heteroatoms. The zero-order valence-corrected chi connectivity index (χ0v) is 9.58. The maximum absolute atomic E-state index is 12.6. The molecule has 0 bridgehead atoms. The first-order chi connectivity index (χ1) is 8.24. The lowest BCUT2D eigenvalue weighted by Crippen LogP contribution is -2.38. The maximum Gasteiger partial charge on any atom is 0.252 e. The summed E-state index contributed by atoms with van der Waals surface area (Å²) in [4.78, 5) is 13.7. The minimum Gasteiger partial charge on any atom is -0.299 e. The van der Waals surface area contributed by atoms with E-state index in [1.165, 1.54) is 25.0 Å². The number of halogens is 1. The average Bonchev–Trinajstić information content (AvgIpc) is 2.81. The molecule has 92 valence electrons. The smallest absolute Gasteiger partial charge is 0.252 e. The van der Waals surface area contributed by atoms with Crippen LogP contribution in [0.1, 0.15) is 12.8 Å². The molecule has 0 aliphatic carbocycles. The lowest BCUT2D eigenvalue weighted by molar-refractivity contribution is -0.121. The van der Waals surface area contributed by atoms with Crippen molar-refractivity contribution in [3.05, 3.63) is 30.1 Å². The van der Waals surface area contributed by atoms with Crippen LogP contribution in [0, 0.1) is 5.82 Å². The lowest BCUT2D eigenvalue weighted by Gasteiger charge is -2.14. The van der Waals surface area contributed by atoms with E-state index in [0.717, 1.165) is 13.1 Å². The summed E-state index contributed by atoms with van der Waals surface area (Å²) in [6.45, 7) is 2.39. The molecule has 17 heavy (non-hydrogen) atoms. The fraction of sp³-hybridized carbons (Fsp3) is 0.417. The van der Waals surface area contributed by atoms with Crippen LogP contribution in [0.15, 0.2) is 24.3 Å². The van der Waals surface area contributed by atoms with Crippen LogP contribution in [0.3, 0.4) is 0 Å². The second-order valence-electron chi connectivity index (χ2n) is 4.16. The lowest BCUT2D eigenvalue weighted by atomic mass is 10.3. The summed E-state index contributed by atoms with van der Waals surface area (Å²) in [5.74, 6) is -0.366. The molecule has 1 aromatic carbocycles. The Balaban J connectivity index is 1.73. The number of anilines is 1. The quantitative estimate of drug-likeness (QED) is 0.777. The van der Waals surface area contributed by atoms with E-state index < -0.39 is 0 Å². The first-order valence-electron chi connectivity index (χ1n) is 5.77. The van der Waals surface area contributed by atoms with Crippen LogP contribution in [-0.2, 0) is 4.79 Å². The maximum atomic E-state index is 12.6. The van der Waals surface area contributed by atoms with Gasteiger partial charge in [0.1, 0.15) is 5.82 Å². The number of nitrogens with one attached hydrogen (secondary N) is 2. The van der Waals surface area contributed by atoms with Crippen molar-refractivity contribution in [3.63, 3.8) is 0 Å². The molecule has 1 aromatic rings. The van der Waals surface area contributed by atoms with Gasteiger partial charge in [-0.2, -0.15) is 0 Å². The molecule has 1 heterocycles. The van der Waals surface area contributed by atoms with Crippen molar-refractivity contribution in [1.82, 2.24) is 10.3 Å². The highest BCUT2D eigenvalue weighted by atomic mass is 19.1. The molecule has 1 saturated heterocycles. The van der Waals surface area contributed by atoms with Crippen LogP contribution >= 0.6 is 0 Å². The van der Waals surface area contributed by atoms with Crippen molar-refractivity contribution in [2.75, 3.05) is 25.1 Å². The van der Waals surface area contributed by atoms with Gasteiger partial charge in [0, 0.05) is 0 Å². The third-order valence-corrected chi connectivity index (χ3v) is 2.76. The van der Waals surface area contributed by atoms with Crippen molar-refractivity contribution in [2.45, 2.75) is 12.8 Å². The number of carbonyl (C=O) groups is 1. The topological polar surface area (TPSA) is 44.4 Å². The molecule has 1 aliphatic rings. The van der Waals surface area contributed by atoms with Crippen LogP contribution in [0.4, 0.5) is 10.1 Å². The van der Waals surface area contributed by atoms with Gasteiger partial charge in [0.05, 0.1) is 12.2 Å². The van der Waals surface area contributed by atoms with Crippen LogP contribution < -0.4 is 10.9 Å². The van der Waals surface area contributed by atoms with E-state index in [9.17, 15) is 9.18 Å². The van der Waals surface area contributed by atoms with E-state index in [1.54, 1.807) is 12.1 Å². The van der Waals surface area contributed by atoms with Gasteiger partial charge in [-0.3, -0.25) is 20.5 Å². The Morgan fingerprint density at radius 3 is 2.53 bits per heavy atom. The van der Waals surface area contributed by atoms with E-state index >= 15 is 0 Å². The van der Waals surface area contributed by atoms with Crippen molar-refractivity contribution in [3.8, 4) is 0 Å². The highest BCUT2D eigenvalue weighted by Gasteiger charge is 2.14. The van der Waals surface area contributed by atoms with Gasteiger partial charge < -0.3 is 0 Å². The molecule has 0 spiro atoms. The van der Waals surface area contributed by atoms with Gasteiger partial charge in [0.25, 0.3) is 5.91 Å². The van der Waals surface area contributed by atoms with E-state index in [-0.39, 0.29) is 11.7 Å². The van der Waals surface area contributed by atoms with Crippen LogP contribution in [0.2, 0.25) is 0 Å². The van der Waals surface area contributed by atoms with E-state index in [0.29, 0.717) is 12.2 Å². The molecule has 0 aromatic heterocycles. The predicted molar refractivity (Wildman–Crippen MR) is 63.8 cm³/mol. The molecule has 1 amide bonds. The number of hydrazine groups is 1. The minimum atomic E-state index is -0.293. The predicted octanol–water partition coefficient (Wildman–Crippen LogP) is 1.36. The van der Waals surface area contributed by atoms with E-state index in [2.05, 4.69) is 15.8 Å². The van der Waals surface area contributed by atoms with Gasteiger partial charge >= 0.3 is 0 Å². The molecule has 2 rings (SSSR count). The number of rotatable bonds is 4. The number of amides is 1. The first kappa shape index (κ1) is 11.9. The number of hydrogen-bond donors (Lipinski definition) is 2. The van der Waals surface area contributed by atoms with Gasteiger partial charge in [0.15, 0.2) is 0 Å². The van der Waals surface area contributed by atoms with Crippen molar-refractivity contribution < 1.29 is 9.18 Å². The largest absolute Gasteiger partial charge is 0.299 e. The molecule has 0 saturated carbocycles. The number of carbonyl (C=O) groups excluding carboxylic acids is 1. The molecule has 4 nitrogen and oxygen atoms in total. The molecule has 1 fully saturated rings. The molecule has 2 N–H and O–H groups in total. The zero-order valence-electron chi connectivity index (χ0n) is 9.58. The van der Waals surface area contributed by atoms with E-state index in [4.69, 9.17) is 0 Å². The third-order valence-electron chi connectivity index (χ3n) is 2.76. The Labute approximate surface area is 99.8 Å². The summed E-state index contributed by atoms with van der Waals surface area (Å²) < 4.78 is 12.6. The second-order valence-corrected chi connectivity index (χ2v) is 4.16. The summed E-state index contributed by atoms with van der Waals surface area (Å²) in [5.41, 5.74) is 6.01. The Kier molecular flexibility index (Phi) is 3.93. The van der Waals surface area contributed by atoms with Crippen LogP contribution in [-0.4, -0.2) is 30.4 Å². The summed E-state index contributed by atoms with van der Waals surface area (Å²) in [6, 6.07) is 5.83. The molecular formula is C12H16FN3O. The standard InChI is InChI=1S/C12H16FN3O/c13-10-3-5-11(6-4-10)14-15-12(17)9-16-7-1-2-8-16/h3-6,14H,1-2,7-9H2,(H,15,17). The molecule has 0 atom stereocenters. The number of nitrogens with zero attached hydrogens (tertiary/aromatic N) is 1. The Morgan fingerprint density at radius 1 is 1.24 bits per heavy atom. The summed E-state index contributed by atoms with van der Waals surface area (Å²) >= 11 is 0. The third kappa shape index (κ3) is 3.71. The molecule has 0 radical (unpaired) electrons. The van der Waals surface area contributed by atoms with Crippen molar-refractivity contribution in [1.29, 1.82) is 0 Å². The van der Waals surface area contributed by atoms with Crippen molar-refractivity contribution >= 4 is 11.6 Å². The van der Waals surface area contributed by atoms with Gasteiger partial charge in [0.2, 0.25) is 0 Å². The van der Waals surface area contributed by atoms with Gasteiger partial charge in [-0.05, 0) is 50.2 Å². The fourth-order valence-electron chi connectivity index (χ4n) is 1.86. The monoisotopic (exact) mass is 237 g/mol. The Bertz CT molecular complexity index is 374. The average molecular weight is 237 g/mol. The van der Waals surface area contributed by atoms with Crippen LogP contribution in [0.25, 0.3) is 0 Å². The second kappa shape index (κ2) is 5.63. The van der Waals surface area contributed by atoms with E-state index in [1.807, 2.05) is 0 Å². The Hall–Kier alpha value is -1.62. The highest BCUT2D eigenvalue weighted by Crippen LogP contribution is 2.07. The fourth-order valence-corrected chi connectivity index (χ4v) is 1.86. The number of likely N-dealkylation sites (tertiary alicyclic amines) is 1. The Morgan fingerprint density at radius 2 is 1.88 bits per heavy atom. The van der Waals surface area contributed by atoms with Gasteiger partial charge in [-0.25, -0.2) is 4.39 Å². The zero-order chi connectivity index (χ0) is 12.1. The van der Waals surface area contributed by atoms with Crippen LogP contribution in [0.5, 0.6) is 0 Å². The summed E-state index contributed by atoms with van der Waals surface area (Å²) in [5, 5.41) is 0. The molecule has 0 unspecified atom stereocenters. The van der Waals surface area contributed by atoms with Gasteiger partial charge in [-0.15, -0.1) is 0 Å². The molecule has 1 aliphatic heterocycles. The summed E-state index contributed by atoms with van der Waals surface area (Å²) in [7, 11) is 0. The van der Waals surface area contributed by atoms with Crippen molar-refractivity contribution in [2.24, 2.45) is 0 Å². The number of benzene rings is 1. The number of hydrogen-bond acceptors (Lipinski definition) is 3. The highest BCUT2D eigenvalue weighted by molar-refractivity contribution is 5.79. The van der Waals surface area contributed by atoms with Gasteiger partial charge in [-0.1, -0.05) is 0 Å². The molecular weight excluding hydrogens is 221 g/mol. The summed E-state index contributed by atoms with van der Waals surface area (Å²) in [6.07, 6.45) is 2.33. The normalized spacial score (nSPS) is 15.8.